The molecular weight excluding hydrogens is 152 g/mol. The van der Waals surface area contributed by atoms with Crippen LogP contribution in [-0.4, -0.2) is 24.4 Å². The van der Waals surface area contributed by atoms with Crippen molar-refractivity contribution in [2.45, 2.75) is 32.3 Å². The van der Waals surface area contributed by atoms with Gasteiger partial charge in [-0.15, -0.1) is 11.8 Å². The van der Waals surface area contributed by atoms with E-state index in [4.69, 9.17) is 4.74 Å². The normalized spacial score (nSPS) is 21.2. The Morgan fingerprint density at radius 2 is 2.17 bits per heavy atom. The third-order valence-electron chi connectivity index (χ3n) is 2.30. The number of rotatable bonds is 2. The van der Waals surface area contributed by atoms with Gasteiger partial charge in [-0.25, -0.2) is 0 Å². The maximum Gasteiger partial charge on any atom is 0.0679 e. The molecule has 1 heterocycles. The van der Waals surface area contributed by atoms with Crippen LogP contribution in [0.15, 0.2) is 0 Å². The van der Waals surface area contributed by atoms with E-state index < -0.39 is 0 Å². The van der Waals surface area contributed by atoms with Crippen molar-refractivity contribution in [1.82, 2.24) is 0 Å². The summed E-state index contributed by atoms with van der Waals surface area (Å²) in [6.07, 6.45) is 2.32. The third kappa shape index (κ3) is 2.84. The summed E-state index contributed by atoms with van der Waals surface area (Å²) >= 11 is 0. The van der Waals surface area contributed by atoms with Gasteiger partial charge >= 0.3 is 0 Å². The fourth-order valence-corrected chi connectivity index (χ4v) is 1.47. The van der Waals surface area contributed by atoms with Gasteiger partial charge in [-0.3, -0.25) is 0 Å². The zero-order valence-electron chi connectivity index (χ0n) is 7.55. The summed E-state index contributed by atoms with van der Waals surface area (Å²) in [4.78, 5) is 0. The lowest BCUT2D eigenvalue weighted by molar-refractivity contribution is 0.0102. The zero-order valence-corrected chi connectivity index (χ0v) is 7.55. The number of aliphatic hydroxyl groups is 1. The molecule has 0 aromatic carbocycles. The number of aliphatic hydroxyl groups excluding tert-OH is 1. The molecular formula is C10H16O2. The maximum atomic E-state index is 9.65. The molecule has 0 spiro atoms. The van der Waals surface area contributed by atoms with Gasteiger partial charge in [0.1, 0.15) is 0 Å². The van der Waals surface area contributed by atoms with Crippen molar-refractivity contribution in [3.8, 4) is 11.8 Å². The summed E-state index contributed by atoms with van der Waals surface area (Å²) in [6, 6.07) is 0. The van der Waals surface area contributed by atoms with E-state index in [-0.39, 0.29) is 6.10 Å². The topological polar surface area (TPSA) is 29.5 Å². The van der Waals surface area contributed by atoms with Gasteiger partial charge in [0.2, 0.25) is 0 Å². The minimum atomic E-state index is -0.249. The molecule has 1 aliphatic rings. The van der Waals surface area contributed by atoms with E-state index in [0.717, 1.165) is 26.1 Å². The van der Waals surface area contributed by atoms with E-state index >= 15 is 0 Å². The second-order valence-corrected chi connectivity index (χ2v) is 3.15. The van der Waals surface area contributed by atoms with Crippen LogP contribution in [-0.2, 0) is 4.74 Å². The fraction of sp³-hybridized carbons (Fsp3) is 0.800. The summed E-state index contributed by atoms with van der Waals surface area (Å²) in [5.41, 5.74) is 0. The van der Waals surface area contributed by atoms with Crippen LogP contribution in [0.25, 0.3) is 0 Å². The van der Waals surface area contributed by atoms with E-state index in [1.54, 1.807) is 6.92 Å². The SMILES string of the molecule is CC#CCC(O)C1CCOCC1. The van der Waals surface area contributed by atoms with Crippen molar-refractivity contribution in [3.05, 3.63) is 0 Å². The van der Waals surface area contributed by atoms with Gasteiger partial charge in [0, 0.05) is 19.6 Å². The highest BCUT2D eigenvalue weighted by molar-refractivity contribution is 4.97. The lowest BCUT2D eigenvalue weighted by Gasteiger charge is -2.25. The lowest BCUT2D eigenvalue weighted by Crippen LogP contribution is -2.26. The van der Waals surface area contributed by atoms with Crippen LogP contribution in [0, 0.1) is 17.8 Å². The van der Waals surface area contributed by atoms with Crippen molar-refractivity contribution >= 4 is 0 Å². The first-order chi connectivity index (χ1) is 5.84. The molecule has 0 saturated carbocycles. The first-order valence-corrected chi connectivity index (χ1v) is 4.50. The molecule has 0 aliphatic carbocycles. The molecule has 1 aliphatic heterocycles. The molecule has 1 N–H and O–H groups in total. The van der Waals surface area contributed by atoms with Gasteiger partial charge in [0.15, 0.2) is 0 Å². The Bertz CT molecular complexity index is 172. The number of hydrogen-bond donors (Lipinski definition) is 1. The van der Waals surface area contributed by atoms with Crippen molar-refractivity contribution in [1.29, 1.82) is 0 Å². The fourth-order valence-electron chi connectivity index (χ4n) is 1.47. The minimum absolute atomic E-state index is 0.249. The van der Waals surface area contributed by atoms with Crippen molar-refractivity contribution in [3.63, 3.8) is 0 Å². The largest absolute Gasteiger partial charge is 0.392 e. The Morgan fingerprint density at radius 1 is 1.50 bits per heavy atom. The van der Waals surface area contributed by atoms with E-state index in [0.29, 0.717) is 12.3 Å². The Morgan fingerprint density at radius 3 is 2.75 bits per heavy atom. The van der Waals surface area contributed by atoms with Gasteiger partial charge < -0.3 is 9.84 Å². The summed E-state index contributed by atoms with van der Waals surface area (Å²) in [5.74, 6) is 6.10. The summed E-state index contributed by atoms with van der Waals surface area (Å²) in [7, 11) is 0. The zero-order chi connectivity index (χ0) is 8.81. The Kier molecular flexibility index (Phi) is 4.13. The average Bonchev–Trinajstić information content (AvgIpc) is 2.15. The van der Waals surface area contributed by atoms with E-state index in [2.05, 4.69) is 11.8 Å². The molecule has 0 aromatic heterocycles. The van der Waals surface area contributed by atoms with Crippen molar-refractivity contribution < 1.29 is 9.84 Å². The quantitative estimate of drug-likeness (QED) is 0.627. The number of ether oxygens (including phenoxy) is 1. The molecule has 0 amide bonds. The van der Waals surface area contributed by atoms with Gasteiger partial charge in [-0.05, 0) is 25.7 Å². The predicted octanol–water partition coefficient (Wildman–Crippen LogP) is 1.19. The first-order valence-electron chi connectivity index (χ1n) is 4.50. The van der Waals surface area contributed by atoms with Crippen LogP contribution < -0.4 is 0 Å². The maximum absolute atomic E-state index is 9.65. The van der Waals surface area contributed by atoms with Gasteiger partial charge in [-0.1, -0.05) is 0 Å². The predicted molar refractivity (Wildman–Crippen MR) is 47.6 cm³/mol. The molecule has 68 valence electrons. The highest BCUT2D eigenvalue weighted by atomic mass is 16.5. The van der Waals surface area contributed by atoms with Crippen LogP contribution in [0.5, 0.6) is 0 Å². The van der Waals surface area contributed by atoms with E-state index in [9.17, 15) is 5.11 Å². The third-order valence-corrected chi connectivity index (χ3v) is 2.30. The first kappa shape index (κ1) is 9.57. The Hall–Kier alpha value is -0.520. The standard InChI is InChI=1S/C10H16O2/c1-2-3-4-10(11)9-5-7-12-8-6-9/h9-11H,4-8H2,1H3. The van der Waals surface area contributed by atoms with Gasteiger partial charge in [0.05, 0.1) is 6.10 Å². The van der Waals surface area contributed by atoms with E-state index in [1.165, 1.54) is 0 Å². The monoisotopic (exact) mass is 168 g/mol. The van der Waals surface area contributed by atoms with Crippen LogP contribution in [0.3, 0.4) is 0 Å². The highest BCUT2D eigenvalue weighted by Crippen LogP contribution is 2.20. The molecule has 0 radical (unpaired) electrons. The molecule has 12 heavy (non-hydrogen) atoms. The molecule has 0 bridgehead atoms. The number of hydrogen-bond acceptors (Lipinski definition) is 2. The molecule has 2 nitrogen and oxygen atoms in total. The Labute approximate surface area is 73.9 Å². The molecule has 1 saturated heterocycles. The average molecular weight is 168 g/mol. The van der Waals surface area contributed by atoms with E-state index in [1.807, 2.05) is 0 Å². The highest BCUT2D eigenvalue weighted by Gasteiger charge is 2.20. The lowest BCUT2D eigenvalue weighted by atomic mass is 9.92. The second-order valence-electron chi connectivity index (χ2n) is 3.15. The van der Waals surface area contributed by atoms with Crippen LogP contribution in [0.2, 0.25) is 0 Å². The smallest absolute Gasteiger partial charge is 0.0679 e. The minimum Gasteiger partial charge on any atom is -0.392 e. The van der Waals surface area contributed by atoms with Crippen LogP contribution in [0.1, 0.15) is 26.2 Å². The van der Waals surface area contributed by atoms with Crippen LogP contribution in [0.4, 0.5) is 0 Å². The molecule has 1 unspecified atom stereocenters. The summed E-state index contributed by atoms with van der Waals surface area (Å²) in [5, 5.41) is 9.65. The molecule has 1 fully saturated rings. The second kappa shape index (κ2) is 5.18. The van der Waals surface area contributed by atoms with Crippen LogP contribution >= 0.6 is 0 Å². The molecule has 0 aromatic rings. The Balaban J connectivity index is 2.27. The summed E-state index contributed by atoms with van der Waals surface area (Å²) in [6.45, 7) is 3.39. The van der Waals surface area contributed by atoms with Gasteiger partial charge in [0.25, 0.3) is 0 Å². The van der Waals surface area contributed by atoms with Crippen molar-refractivity contribution in [2.75, 3.05) is 13.2 Å². The molecule has 2 heteroatoms. The van der Waals surface area contributed by atoms with Gasteiger partial charge in [-0.2, -0.15) is 0 Å². The van der Waals surface area contributed by atoms with Crippen molar-refractivity contribution in [2.24, 2.45) is 5.92 Å². The molecule has 1 rings (SSSR count). The molecule has 1 atom stereocenters. The summed E-state index contributed by atoms with van der Waals surface area (Å²) < 4.78 is 5.21.